The van der Waals surface area contributed by atoms with Crippen LogP contribution in [0.4, 0.5) is 43.4 Å². The average Bonchev–Trinajstić information content (AvgIpc) is 3.88. The van der Waals surface area contributed by atoms with Gasteiger partial charge in [-0.3, -0.25) is 0 Å². The van der Waals surface area contributed by atoms with Gasteiger partial charge in [-0.05, 0) is 164 Å². The Labute approximate surface area is 464 Å². The molecule has 11 aromatic rings. The second-order valence-electron chi connectivity index (χ2n) is 20.0. The second kappa shape index (κ2) is 20.0. The van der Waals surface area contributed by atoms with E-state index in [0.717, 1.165) is 34.4 Å². The molecule has 0 aromatic heterocycles. The van der Waals surface area contributed by atoms with Crippen LogP contribution in [0.1, 0.15) is 55.6 Å². The third kappa shape index (κ3) is 8.22. The zero-order valence-corrected chi connectivity index (χ0v) is 43.1. The molecular weight excluding hydrogens is 1020 g/mol. The Balaban J connectivity index is 1.02. The molecule has 0 saturated heterocycles. The number of anilines is 3. The molecule has 13 rings (SSSR count). The predicted molar refractivity (Wildman–Crippen MR) is 309 cm³/mol. The van der Waals surface area contributed by atoms with E-state index in [1.54, 1.807) is 60.7 Å². The minimum Gasteiger partial charge on any atom is -0.457 e. The summed E-state index contributed by atoms with van der Waals surface area (Å²) >= 11 is 0. The first-order valence-electron chi connectivity index (χ1n) is 26.2. The van der Waals surface area contributed by atoms with Crippen molar-refractivity contribution in [1.82, 2.24) is 0 Å². The molecule has 11 aromatic carbocycles. The zero-order valence-electron chi connectivity index (χ0n) is 43.1. The lowest BCUT2D eigenvalue weighted by atomic mass is 9.67. The van der Waals surface area contributed by atoms with E-state index in [1.807, 2.05) is 169 Å². The maximum Gasteiger partial charge on any atom is 0.163 e. The van der Waals surface area contributed by atoms with Crippen molar-refractivity contribution in [3.05, 3.63) is 340 Å². The van der Waals surface area contributed by atoms with Gasteiger partial charge in [-0.2, -0.15) is 0 Å². The molecule has 81 heavy (non-hydrogen) atoms. The third-order valence-corrected chi connectivity index (χ3v) is 15.7. The molecule has 2 aliphatic carbocycles. The summed E-state index contributed by atoms with van der Waals surface area (Å²) < 4.78 is 110. The first-order valence-corrected chi connectivity index (χ1v) is 26.2. The molecule has 0 N–H and O–H groups in total. The van der Waals surface area contributed by atoms with Gasteiger partial charge in [0.25, 0.3) is 0 Å². The van der Waals surface area contributed by atoms with Gasteiger partial charge in [0.2, 0.25) is 0 Å². The van der Waals surface area contributed by atoms with Crippen LogP contribution in [0.3, 0.4) is 0 Å². The van der Waals surface area contributed by atoms with E-state index < -0.39 is 45.7 Å². The van der Waals surface area contributed by atoms with Crippen molar-refractivity contribution in [1.29, 1.82) is 0 Å². The molecule has 9 heteroatoms. The summed E-state index contributed by atoms with van der Waals surface area (Å²) in [4.78, 5) is 1.98. The fourth-order valence-corrected chi connectivity index (χ4v) is 12.2. The minimum absolute atomic E-state index is 0.241. The van der Waals surface area contributed by atoms with Crippen molar-refractivity contribution in [2.75, 3.05) is 4.90 Å². The number of fused-ring (bicyclic) bond motifs is 6. The van der Waals surface area contributed by atoms with Gasteiger partial charge in [0, 0.05) is 40.3 Å². The number of para-hydroxylation sites is 1. The Hall–Kier alpha value is -10.1. The van der Waals surface area contributed by atoms with Crippen LogP contribution in [0.2, 0.25) is 0 Å². The van der Waals surface area contributed by atoms with E-state index >= 15 is 26.3 Å². The molecule has 0 bridgehead atoms. The number of nitrogens with zero attached hydrogens (tertiary/aromatic N) is 1. The van der Waals surface area contributed by atoms with Crippen molar-refractivity contribution >= 4 is 29.2 Å². The molecular formula is C72H45F6NO2. The first-order chi connectivity index (χ1) is 39.5. The number of hydrogen-bond donors (Lipinski definition) is 0. The van der Waals surface area contributed by atoms with E-state index in [4.69, 9.17) is 9.47 Å². The molecule has 3 nitrogen and oxygen atoms in total. The van der Waals surface area contributed by atoms with Gasteiger partial charge in [-0.15, -0.1) is 0 Å². The lowest BCUT2D eigenvalue weighted by Gasteiger charge is -2.36. The molecule has 0 heterocycles. The Kier molecular flexibility index (Phi) is 12.4. The van der Waals surface area contributed by atoms with Gasteiger partial charge in [0.15, 0.2) is 23.3 Å². The maximum absolute atomic E-state index is 17.1. The highest BCUT2D eigenvalue weighted by Gasteiger charge is 2.51. The summed E-state index contributed by atoms with van der Waals surface area (Å²) in [6, 6.07) is 68.0. The Morgan fingerprint density at radius 3 is 1.07 bits per heavy atom. The fraction of sp³-hybridized carbons (Fsp3) is 0.0278. The van der Waals surface area contributed by atoms with E-state index in [-0.39, 0.29) is 11.1 Å². The number of rotatable bonds is 13. The molecule has 0 saturated carbocycles. The summed E-state index contributed by atoms with van der Waals surface area (Å²) in [5, 5.41) is 0. The SMILES string of the molecule is C=Cc1ccc(Oc2ccc(C3(c4cc(F)cc(F)c4F)c4ccccc4-c4ccc(N(c5ccccc5)c5ccc6c(c5)C(c5ccc(Oc7ccc(C=C)cc7)cc5)(c5cc(F)cc(F)c5F)c5ccccc5-6)cc43)cc2)cc1. The van der Waals surface area contributed by atoms with Crippen molar-refractivity contribution < 1.29 is 35.8 Å². The normalized spacial score (nSPS) is 15.5. The topological polar surface area (TPSA) is 21.7 Å². The summed E-state index contributed by atoms with van der Waals surface area (Å²) in [6.07, 6.45) is 3.46. The van der Waals surface area contributed by atoms with Gasteiger partial charge in [0.1, 0.15) is 34.6 Å². The Morgan fingerprint density at radius 2 is 0.679 bits per heavy atom. The van der Waals surface area contributed by atoms with Crippen LogP contribution in [-0.4, -0.2) is 0 Å². The van der Waals surface area contributed by atoms with Crippen LogP contribution >= 0.6 is 0 Å². The monoisotopic (exact) mass is 1070 g/mol. The van der Waals surface area contributed by atoms with Crippen molar-refractivity contribution in [3.63, 3.8) is 0 Å². The number of halogens is 6. The van der Waals surface area contributed by atoms with Gasteiger partial charge in [0.05, 0.1) is 10.8 Å². The lowest BCUT2D eigenvalue weighted by molar-refractivity contribution is 0.473. The number of benzene rings is 11. The van der Waals surface area contributed by atoms with Crippen LogP contribution in [-0.2, 0) is 10.8 Å². The Bertz CT molecular complexity index is 4020. The smallest absolute Gasteiger partial charge is 0.163 e. The quantitative estimate of drug-likeness (QED) is 0.0848. The minimum atomic E-state index is -1.65. The number of ether oxygens (including phenoxy) is 2. The maximum atomic E-state index is 17.1. The largest absolute Gasteiger partial charge is 0.457 e. The third-order valence-electron chi connectivity index (χ3n) is 15.7. The van der Waals surface area contributed by atoms with Crippen LogP contribution in [0.25, 0.3) is 34.4 Å². The van der Waals surface area contributed by atoms with Crippen molar-refractivity contribution in [2.45, 2.75) is 10.8 Å². The van der Waals surface area contributed by atoms with Gasteiger partial charge < -0.3 is 14.4 Å². The molecule has 0 amide bonds. The Morgan fingerprint density at radius 1 is 0.321 bits per heavy atom. The standard InChI is InChI=1S/C72H45F6NO2/c1-3-44-18-28-53(29-19-44)80-55-32-22-46(23-33-55)71(65-38-48(73)40-67(75)69(65)77)61-16-10-8-14-57(61)59-36-26-51(42-63(59)71)79(50-12-6-5-7-13-50)52-27-37-60-58-15-9-11-17-62(58)72(64(60)43-52,66-39-49(74)41-68(76)70(66)78)47-24-34-56(35-25-47)81-54-30-20-45(4-2)21-31-54/h3-43H,1-2H2. The lowest BCUT2D eigenvalue weighted by Crippen LogP contribution is -2.31. The van der Waals surface area contributed by atoms with Crippen molar-refractivity contribution in [3.8, 4) is 45.3 Å². The molecule has 2 atom stereocenters. The molecule has 2 unspecified atom stereocenters. The van der Waals surface area contributed by atoms with E-state index in [9.17, 15) is 0 Å². The summed E-state index contributed by atoms with van der Waals surface area (Å²) in [5.74, 6) is -4.98. The summed E-state index contributed by atoms with van der Waals surface area (Å²) in [7, 11) is 0. The molecule has 2 aliphatic rings. The summed E-state index contributed by atoms with van der Waals surface area (Å²) in [5.41, 5.74) is 5.92. The average molecular weight is 1070 g/mol. The van der Waals surface area contributed by atoms with Gasteiger partial charge >= 0.3 is 0 Å². The van der Waals surface area contributed by atoms with Crippen molar-refractivity contribution in [2.24, 2.45) is 0 Å². The van der Waals surface area contributed by atoms with E-state index in [0.29, 0.717) is 96.7 Å². The first kappa shape index (κ1) is 50.4. The van der Waals surface area contributed by atoms with Crippen LogP contribution < -0.4 is 14.4 Å². The predicted octanol–water partition coefficient (Wildman–Crippen LogP) is 19.6. The highest BCUT2D eigenvalue weighted by Crippen LogP contribution is 2.60. The zero-order chi connectivity index (χ0) is 55.6. The number of hydrogen-bond acceptors (Lipinski definition) is 3. The van der Waals surface area contributed by atoms with Gasteiger partial charge in [-0.25, -0.2) is 26.3 Å². The van der Waals surface area contributed by atoms with E-state index in [2.05, 4.69) is 13.2 Å². The highest BCUT2D eigenvalue weighted by molar-refractivity contribution is 5.92. The van der Waals surface area contributed by atoms with Crippen LogP contribution in [0.5, 0.6) is 23.0 Å². The van der Waals surface area contributed by atoms with E-state index in [1.165, 1.54) is 0 Å². The van der Waals surface area contributed by atoms with Crippen LogP contribution in [0.15, 0.2) is 250 Å². The fourth-order valence-electron chi connectivity index (χ4n) is 12.2. The second-order valence-corrected chi connectivity index (χ2v) is 20.0. The molecule has 0 fully saturated rings. The molecule has 0 spiro atoms. The summed E-state index contributed by atoms with van der Waals surface area (Å²) in [6.45, 7) is 7.66. The van der Waals surface area contributed by atoms with Gasteiger partial charge in [-0.1, -0.05) is 153 Å². The van der Waals surface area contributed by atoms with Crippen LogP contribution in [0, 0.1) is 34.9 Å². The molecule has 0 aliphatic heterocycles. The highest BCUT2D eigenvalue weighted by atomic mass is 19.2. The molecule has 392 valence electrons. The molecule has 0 radical (unpaired) electrons.